The molecule has 152 valence electrons. The molecule has 0 spiro atoms. The highest BCUT2D eigenvalue weighted by Crippen LogP contribution is 2.32. The number of carbonyl (C=O) groups is 1. The highest BCUT2D eigenvalue weighted by molar-refractivity contribution is 5.97. The number of nitrogens with zero attached hydrogens (tertiary/aromatic N) is 6. The van der Waals surface area contributed by atoms with Crippen LogP contribution in [0.3, 0.4) is 0 Å². The smallest absolute Gasteiger partial charge is 0.253 e. The van der Waals surface area contributed by atoms with Crippen molar-refractivity contribution in [3.63, 3.8) is 0 Å². The van der Waals surface area contributed by atoms with E-state index in [2.05, 4.69) is 24.9 Å². The molecular formula is C22H23N7O. The molecule has 0 radical (unpaired) electrons. The van der Waals surface area contributed by atoms with Gasteiger partial charge in [0.15, 0.2) is 0 Å². The number of fused-ring (bicyclic) bond motifs is 1. The van der Waals surface area contributed by atoms with Gasteiger partial charge >= 0.3 is 0 Å². The lowest BCUT2D eigenvalue weighted by Crippen LogP contribution is -2.39. The fourth-order valence-electron chi connectivity index (χ4n) is 4.20. The Balaban J connectivity index is 1.43. The highest BCUT2D eigenvalue weighted by Gasteiger charge is 2.29. The molecule has 4 aromatic rings. The third-order valence-electron chi connectivity index (χ3n) is 5.95. The minimum atomic E-state index is 0.0398. The third-order valence-corrected chi connectivity index (χ3v) is 5.95. The van der Waals surface area contributed by atoms with E-state index in [-0.39, 0.29) is 11.8 Å². The standard InChI is InChI=1S/C22H23N7O/c1-14-25-11-19(28(14)2)21-20(23-7-8-24-21)16-4-3-9-29(12-16)22(30)15-5-6-17-18(10-15)27-13-26-17/h5-8,10-11,13,16H,3-4,9,12H2,1-2H3,(H,26,27). The van der Waals surface area contributed by atoms with E-state index in [4.69, 9.17) is 0 Å². The molecule has 1 aliphatic rings. The molecule has 8 heteroatoms. The Morgan fingerprint density at radius 3 is 2.87 bits per heavy atom. The molecule has 4 heterocycles. The molecule has 0 aliphatic carbocycles. The highest BCUT2D eigenvalue weighted by atomic mass is 16.2. The maximum atomic E-state index is 13.2. The van der Waals surface area contributed by atoms with Crippen LogP contribution in [0.25, 0.3) is 22.4 Å². The first-order valence-electron chi connectivity index (χ1n) is 10.1. The fourth-order valence-corrected chi connectivity index (χ4v) is 4.20. The van der Waals surface area contributed by atoms with Gasteiger partial charge in [-0.25, -0.2) is 9.97 Å². The Morgan fingerprint density at radius 1 is 1.17 bits per heavy atom. The van der Waals surface area contributed by atoms with E-state index in [1.165, 1.54) is 0 Å². The lowest BCUT2D eigenvalue weighted by Gasteiger charge is -2.33. The van der Waals surface area contributed by atoms with Crippen LogP contribution in [-0.4, -0.2) is 53.4 Å². The predicted molar refractivity (Wildman–Crippen MR) is 113 cm³/mol. The van der Waals surface area contributed by atoms with Crippen LogP contribution in [0.5, 0.6) is 0 Å². The minimum absolute atomic E-state index is 0.0398. The van der Waals surface area contributed by atoms with Crippen molar-refractivity contribution in [1.82, 2.24) is 34.4 Å². The van der Waals surface area contributed by atoms with E-state index in [1.54, 1.807) is 18.7 Å². The van der Waals surface area contributed by atoms with E-state index in [0.717, 1.165) is 53.3 Å². The number of aryl methyl sites for hydroxylation is 1. The number of H-pyrrole nitrogens is 1. The van der Waals surface area contributed by atoms with Gasteiger partial charge in [-0.3, -0.25) is 14.8 Å². The van der Waals surface area contributed by atoms with Gasteiger partial charge in [0, 0.05) is 44.0 Å². The first-order valence-corrected chi connectivity index (χ1v) is 10.1. The number of carbonyl (C=O) groups excluding carboxylic acids is 1. The van der Waals surface area contributed by atoms with Crippen molar-refractivity contribution in [3.05, 3.63) is 60.2 Å². The van der Waals surface area contributed by atoms with Gasteiger partial charge < -0.3 is 14.5 Å². The molecule has 8 nitrogen and oxygen atoms in total. The number of rotatable bonds is 3. The zero-order valence-corrected chi connectivity index (χ0v) is 17.0. The Hall–Kier alpha value is -3.55. The van der Waals surface area contributed by atoms with Crippen molar-refractivity contribution in [2.24, 2.45) is 7.05 Å². The van der Waals surface area contributed by atoms with E-state index in [0.29, 0.717) is 12.1 Å². The molecule has 5 rings (SSSR count). The normalized spacial score (nSPS) is 16.9. The number of aromatic nitrogens is 6. The fraction of sp³-hybridized carbons (Fsp3) is 0.318. The van der Waals surface area contributed by atoms with Gasteiger partial charge in [0.05, 0.1) is 34.9 Å². The molecule has 0 bridgehead atoms. The molecule has 1 fully saturated rings. The monoisotopic (exact) mass is 401 g/mol. The first kappa shape index (κ1) is 18.5. The second-order valence-corrected chi connectivity index (χ2v) is 7.76. The van der Waals surface area contributed by atoms with Crippen molar-refractivity contribution in [1.29, 1.82) is 0 Å². The van der Waals surface area contributed by atoms with Crippen molar-refractivity contribution in [2.75, 3.05) is 13.1 Å². The number of piperidine rings is 1. The van der Waals surface area contributed by atoms with Crippen LogP contribution in [0.2, 0.25) is 0 Å². The lowest BCUT2D eigenvalue weighted by molar-refractivity contribution is 0.0706. The summed E-state index contributed by atoms with van der Waals surface area (Å²) in [7, 11) is 1.98. The van der Waals surface area contributed by atoms with Gasteiger partial charge in [0.25, 0.3) is 5.91 Å². The SMILES string of the molecule is Cc1ncc(-c2nccnc2C2CCCN(C(=O)c3ccc4nc[nH]c4c3)C2)n1C. The van der Waals surface area contributed by atoms with E-state index < -0.39 is 0 Å². The molecule has 1 saturated heterocycles. The number of imidazole rings is 2. The van der Waals surface area contributed by atoms with Crippen LogP contribution in [0, 0.1) is 6.92 Å². The van der Waals surface area contributed by atoms with Crippen LogP contribution in [0.1, 0.15) is 40.6 Å². The van der Waals surface area contributed by atoms with E-state index >= 15 is 0 Å². The van der Waals surface area contributed by atoms with E-state index in [9.17, 15) is 4.79 Å². The predicted octanol–water partition coefficient (Wildman–Crippen LogP) is 3.08. The average Bonchev–Trinajstić information content (AvgIpc) is 3.39. The molecule has 1 amide bonds. The van der Waals surface area contributed by atoms with Crippen molar-refractivity contribution < 1.29 is 4.79 Å². The number of likely N-dealkylation sites (tertiary alicyclic amines) is 1. The molecule has 1 N–H and O–H groups in total. The minimum Gasteiger partial charge on any atom is -0.345 e. The van der Waals surface area contributed by atoms with Crippen LogP contribution in [-0.2, 0) is 7.05 Å². The summed E-state index contributed by atoms with van der Waals surface area (Å²) in [6, 6.07) is 5.60. The summed E-state index contributed by atoms with van der Waals surface area (Å²) in [4.78, 5) is 36.1. The average molecular weight is 401 g/mol. The number of hydrogen-bond acceptors (Lipinski definition) is 5. The van der Waals surface area contributed by atoms with Gasteiger partial charge in [-0.15, -0.1) is 0 Å². The second-order valence-electron chi connectivity index (χ2n) is 7.76. The van der Waals surface area contributed by atoms with Gasteiger partial charge in [-0.1, -0.05) is 0 Å². The number of aromatic amines is 1. The second kappa shape index (κ2) is 7.37. The summed E-state index contributed by atoms with van der Waals surface area (Å²) in [6.45, 7) is 3.34. The summed E-state index contributed by atoms with van der Waals surface area (Å²) in [6.07, 6.45) is 8.84. The topological polar surface area (TPSA) is 92.6 Å². The van der Waals surface area contributed by atoms with Crippen LogP contribution in [0.4, 0.5) is 0 Å². The third kappa shape index (κ3) is 3.14. The summed E-state index contributed by atoms with van der Waals surface area (Å²) >= 11 is 0. The Bertz CT molecular complexity index is 1230. The van der Waals surface area contributed by atoms with Crippen LogP contribution < -0.4 is 0 Å². The Labute approximate surface area is 174 Å². The Morgan fingerprint density at radius 2 is 2.03 bits per heavy atom. The number of nitrogens with one attached hydrogen (secondary N) is 1. The van der Waals surface area contributed by atoms with Gasteiger partial charge in [0.1, 0.15) is 11.5 Å². The Kier molecular flexibility index (Phi) is 4.54. The maximum absolute atomic E-state index is 13.2. The summed E-state index contributed by atoms with van der Waals surface area (Å²) in [5.41, 5.74) is 5.13. The summed E-state index contributed by atoms with van der Waals surface area (Å²) in [5, 5.41) is 0. The zero-order chi connectivity index (χ0) is 20.7. The number of amides is 1. The number of hydrogen-bond donors (Lipinski definition) is 1. The maximum Gasteiger partial charge on any atom is 0.253 e. The van der Waals surface area contributed by atoms with Crippen LogP contribution in [0.15, 0.2) is 43.1 Å². The van der Waals surface area contributed by atoms with Gasteiger partial charge in [-0.2, -0.15) is 0 Å². The first-order chi connectivity index (χ1) is 14.6. The summed E-state index contributed by atoms with van der Waals surface area (Å²) in [5.74, 6) is 1.10. The van der Waals surface area contributed by atoms with Gasteiger partial charge in [0.2, 0.25) is 0 Å². The van der Waals surface area contributed by atoms with Gasteiger partial charge in [-0.05, 0) is 38.0 Å². The largest absolute Gasteiger partial charge is 0.345 e. The molecule has 0 saturated carbocycles. The quantitative estimate of drug-likeness (QED) is 0.569. The summed E-state index contributed by atoms with van der Waals surface area (Å²) < 4.78 is 2.03. The molecule has 30 heavy (non-hydrogen) atoms. The van der Waals surface area contributed by atoms with Crippen molar-refractivity contribution in [3.8, 4) is 11.4 Å². The van der Waals surface area contributed by atoms with Crippen molar-refractivity contribution in [2.45, 2.75) is 25.7 Å². The molecular weight excluding hydrogens is 378 g/mol. The molecule has 3 aromatic heterocycles. The van der Waals surface area contributed by atoms with E-state index in [1.807, 2.05) is 47.8 Å². The molecule has 1 atom stereocenters. The molecule has 1 aromatic carbocycles. The molecule has 1 unspecified atom stereocenters. The zero-order valence-electron chi connectivity index (χ0n) is 17.0. The lowest BCUT2D eigenvalue weighted by atomic mass is 9.92. The van der Waals surface area contributed by atoms with Crippen molar-refractivity contribution >= 4 is 16.9 Å². The molecule has 1 aliphatic heterocycles. The van der Waals surface area contributed by atoms with Crippen LogP contribution >= 0.6 is 0 Å². The number of benzene rings is 1.